The summed E-state index contributed by atoms with van der Waals surface area (Å²) in [5.74, 6) is 0.0763. The van der Waals surface area contributed by atoms with Gasteiger partial charge in [-0.2, -0.15) is 0 Å². The normalized spacial score (nSPS) is 20.0. The molecule has 0 aliphatic carbocycles. The summed E-state index contributed by atoms with van der Waals surface area (Å²) in [4.78, 5) is 25.4. The van der Waals surface area contributed by atoms with E-state index in [2.05, 4.69) is 31.3 Å². The first kappa shape index (κ1) is 17.5. The van der Waals surface area contributed by atoms with Crippen LogP contribution in [0.1, 0.15) is 44.6 Å². The summed E-state index contributed by atoms with van der Waals surface area (Å²) in [6.07, 6.45) is 2.83. The van der Waals surface area contributed by atoms with Crippen molar-refractivity contribution in [2.45, 2.75) is 39.0 Å². The molecule has 5 nitrogen and oxygen atoms in total. The largest absolute Gasteiger partial charge is 0.369 e. The zero-order chi connectivity index (χ0) is 16.8. The van der Waals surface area contributed by atoms with Gasteiger partial charge in [-0.05, 0) is 49.4 Å². The molecule has 3 N–H and O–H groups in total. The number of amides is 2. The van der Waals surface area contributed by atoms with E-state index in [1.165, 1.54) is 5.56 Å². The van der Waals surface area contributed by atoms with Gasteiger partial charge in [0.1, 0.15) is 0 Å². The number of benzene rings is 1. The molecule has 1 heterocycles. The molecule has 0 aromatic heterocycles. The van der Waals surface area contributed by atoms with Gasteiger partial charge >= 0.3 is 0 Å². The number of hydrogen-bond donors (Lipinski definition) is 2. The molecule has 1 fully saturated rings. The van der Waals surface area contributed by atoms with Gasteiger partial charge in [0.2, 0.25) is 11.8 Å². The number of piperidine rings is 1. The Bertz CT molecular complexity index is 542. The van der Waals surface area contributed by atoms with Gasteiger partial charge in [0, 0.05) is 12.2 Å². The Hall–Kier alpha value is -1.88. The van der Waals surface area contributed by atoms with Crippen molar-refractivity contribution in [3.63, 3.8) is 0 Å². The van der Waals surface area contributed by atoms with Crippen LogP contribution in [-0.4, -0.2) is 36.3 Å². The number of anilines is 1. The summed E-state index contributed by atoms with van der Waals surface area (Å²) in [5, 5.41) is 2.92. The number of carbonyl (C=O) groups is 2. The highest BCUT2D eigenvalue weighted by molar-refractivity contribution is 5.92. The van der Waals surface area contributed by atoms with Crippen LogP contribution in [0, 0.1) is 5.92 Å². The van der Waals surface area contributed by atoms with Crippen molar-refractivity contribution >= 4 is 17.5 Å². The number of hydrogen-bond acceptors (Lipinski definition) is 3. The minimum absolute atomic E-state index is 0.0496. The Morgan fingerprint density at radius 2 is 2.04 bits per heavy atom. The number of nitrogens with zero attached hydrogens (tertiary/aromatic N) is 1. The zero-order valence-corrected chi connectivity index (χ0v) is 14.0. The second kappa shape index (κ2) is 8.11. The van der Waals surface area contributed by atoms with Crippen LogP contribution in [0.3, 0.4) is 0 Å². The second-order valence-electron chi connectivity index (χ2n) is 6.46. The van der Waals surface area contributed by atoms with E-state index in [9.17, 15) is 9.59 Å². The van der Waals surface area contributed by atoms with Crippen molar-refractivity contribution in [1.82, 2.24) is 4.90 Å². The van der Waals surface area contributed by atoms with Crippen molar-refractivity contribution < 1.29 is 9.59 Å². The Labute approximate surface area is 138 Å². The smallest absolute Gasteiger partial charge is 0.238 e. The average molecular weight is 317 g/mol. The molecule has 1 aromatic carbocycles. The average Bonchev–Trinajstić information content (AvgIpc) is 2.55. The number of carbonyl (C=O) groups excluding carboxylic acids is 2. The summed E-state index contributed by atoms with van der Waals surface area (Å²) >= 11 is 0. The van der Waals surface area contributed by atoms with E-state index in [0.29, 0.717) is 19.0 Å². The van der Waals surface area contributed by atoms with Crippen molar-refractivity contribution in [2.75, 3.05) is 25.0 Å². The third-order valence-electron chi connectivity index (χ3n) is 4.65. The molecule has 2 rings (SSSR count). The lowest BCUT2D eigenvalue weighted by molar-refractivity contribution is -0.125. The van der Waals surface area contributed by atoms with Crippen molar-refractivity contribution in [3.8, 4) is 0 Å². The molecule has 23 heavy (non-hydrogen) atoms. The maximum Gasteiger partial charge on any atom is 0.238 e. The first-order valence-corrected chi connectivity index (χ1v) is 8.41. The number of nitrogens with one attached hydrogen (secondary N) is 1. The molecule has 1 aliphatic rings. The van der Waals surface area contributed by atoms with Crippen molar-refractivity contribution in [3.05, 3.63) is 29.8 Å². The van der Waals surface area contributed by atoms with Gasteiger partial charge in [0.05, 0.1) is 12.5 Å². The van der Waals surface area contributed by atoms with E-state index in [-0.39, 0.29) is 17.7 Å². The van der Waals surface area contributed by atoms with E-state index in [0.717, 1.165) is 31.5 Å². The third-order valence-corrected chi connectivity index (χ3v) is 4.65. The van der Waals surface area contributed by atoms with Gasteiger partial charge < -0.3 is 11.1 Å². The topological polar surface area (TPSA) is 75.4 Å². The number of nitrogens with two attached hydrogens (primary N) is 1. The van der Waals surface area contributed by atoms with Crippen LogP contribution in [-0.2, 0) is 9.59 Å². The quantitative estimate of drug-likeness (QED) is 0.845. The molecule has 1 saturated heterocycles. The minimum atomic E-state index is -0.268. The predicted octanol–water partition coefficient (Wildman–Crippen LogP) is 2.34. The summed E-state index contributed by atoms with van der Waals surface area (Å²) in [5.41, 5.74) is 7.46. The molecule has 0 spiro atoms. The lowest BCUT2D eigenvalue weighted by Crippen LogP contribution is -2.44. The maximum atomic E-state index is 12.2. The van der Waals surface area contributed by atoms with Gasteiger partial charge in [-0.15, -0.1) is 0 Å². The molecule has 1 aromatic rings. The molecular formula is C18H27N3O2. The van der Waals surface area contributed by atoms with Gasteiger partial charge in [-0.25, -0.2) is 0 Å². The van der Waals surface area contributed by atoms with Gasteiger partial charge in [-0.1, -0.05) is 26.0 Å². The first-order valence-electron chi connectivity index (χ1n) is 8.41. The number of likely N-dealkylation sites (tertiary alicyclic amines) is 1. The Morgan fingerprint density at radius 3 is 2.65 bits per heavy atom. The van der Waals surface area contributed by atoms with Crippen molar-refractivity contribution in [2.24, 2.45) is 11.7 Å². The molecular weight excluding hydrogens is 290 g/mol. The van der Waals surface area contributed by atoms with E-state index >= 15 is 0 Å². The maximum absolute atomic E-state index is 12.2. The standard InChI is InChI=1S/C18H27N3O2/c1-3-13(2)14-6-8-16(9-7-14)20-17(22)12-21-10-4-5-15(11-21)18(19)23/h6-9,13,15H,3-5,10-12H2,1-2H3,(H2,19,23)(H,20,22)/t13-,15+/m1/s1. The minimum Gasteiger partial charge on any atom is -0.369 e. The Kier molecular flexibility index (Phi) is 6.16. The summed E-state index contributed by atoms with van der Waals surface area (Å²) in [6.45, 7) is 6.08. The van der Waals surface area contributed by atoms with Crippen LogP contribution in [0.15, 0.2) is 24.3 Å². The van der Waals surface area contributed by atoms with E-state index in [1.54, 1.807) is 0 Å². The highest BCUT2D eigenvalue weighted by Gasteiger charge is 2.25. The zero-order valence-electron chi connectivity index (χ0n) is 14.0. The molecule has 0 radical (unpaired) electrons. The van der Waals surface area contributed by atoms with Crippen LogP contribution in [0.5, 0.6) is 0 Å². The Balaban J connectivity index is 1.85. The van der Waals surface area contributed by atoms with Crippen LogP contribution < -0.4 is 11.1 Å². The van der Waals surface area contributed by atoms with E-state index in [4.69, 9.17) is 5.73 Å². The molecule has 1 aliphatic heterocycles. The summed E-state index contributed by atoms with van der Waals surface area (Å²) < 4.78 is 0. The summed E-state index contributed by atoms with van der Waals surface area (Å²) in [6, 6.07) is 8.02. The van der Waals surface area contributed by atoms with Crippen LogP contribution >= 0.6 is 0 Å². The fourth-order valence-electron chi connectivity index (χ4n) is 2.97. The highest BCUT2D eigenvalue weighted by Crippen LogP contribution is 2.20. The fourth-order valence-corrected chi connectivity index (χ4v) is 2.97. The van der Waals surface area contributed by atoms with E-state index < -0.39 is 0 Å². The monoisotopic (exact) mass is 317 g/mol. The lowest BCUT2D eigenvalue weighted by atomic mass is 9.97. The predicted molar refractivity (Wildman–Crippen MR) is 92.1 cm³/mol. The molecule has 0 saturated carbocycles. The molecule has 126 valence electrons. The lowest BCUT2D eigenvalue weighted by Gasteiger charge is -2.30. The van der Waals surface area contributed by atoms with E-state index in [1.807, 2.05) is 17.0 Å². The summed E-state index contributed by atoms with van der Waals surface area (Å²) in [7, 11) is 0. The second-order valence-corrected chi connectivity index (χ2v) is 6.46. The number of rotatable bonds is 6. The molecule has 0 unspecified atom stereocenters. The molecule has 2 atom stereocenters. The third kappa shape index (κ3) is 5.06. The van der Waals surface area contributed by atoms with Crippen molar-refractivity contribution in [1.29, 1.82) is 0 Å². The van der Waals surface area contributed by atoms with Crippen LogP contribution in [0.4, 0.5) is 5.69 Å². The van der Waals surface area contributed by atoms with Gasteiger partial charge in [0.15, 0.2) is 0 Å². The van der Waals surface area contributed by atoms with Gasteiger partial charge in [0.25, 0.3) is 0 Å². The fraction of sp³-hybridized carbons (Fsp3) is 0.556. The number of primary amides is 1. The SMILES string of the molecule is CC[C@@H](C)c1ccc(NC(=O)CN2CCC[C@H](C(N)=O)C2)cc1. The molecule has 0 bridgehead atoms. The van der Waals surface area contributed by atoms with Gasteiger partial charge in [-0.3, -0.25) is 14.5 Å². The molecule has 2 amide bonds. The Morgan fingerprint density at radius 1 is 1.35 bits per heavy atom. The first-order chi connectivity index (χ1) is 11.0. The molecule has 5 heteroatoms. The van der Waals surface area contributed by atoms with Crippen LogP contribution in [0.2, 0.25) is 0 Å². The highest BCUT2D eigenvalue weighted by atomic mass is 16.2. The van der Waals surface area contributed by atoms with Crippen LogP contribution in [0.25, 0.3) is 0 Å².